The first-order valence-corrected chi connectivity index (χ1v) is 8.76. The van der Waals surface area contributed by atoms with Gasteiger partial charge in [-0.25, -0.2) is 8.42 Å². The molecule has 0 aliphatic carbocycles. The number of benzene rings is 1. The molecule has 0 spiro atoms. The molecule has 1 saturated heterocycles. The van der Waals surface area contributed by atoms with E-state index in [1.54, 1.807) is 24.3 Å². The number of rotatable bonds is 4. The van der Waals surface area contributed by atoms with E-state index in [1.807, 2.05) is 13.8 Å². The summed E-state index contributed by atoms with van der Waals surface area (Å²) in [5.74, 6) is 0.119. The third-order valence-electron chi connectivity index (χ3n) is 3.34. The van der Waals surface area contributed by atoms with E-state index in [4.69, 9.17) is 16.3 Å². The highest BCUT2D eigenvalue weighted by Crippen LogP contribution is 2.16. The zero-order valence-electron chi connectivity index (χ0n) is 11.8. The summed E-state index contributed by atoms with van der Waals surface area (Å²) in [6, 6.07) is 6.32. The van der Waals surface area contributed by atoms with Crippen LogP contribution in [0.2, 0.25) is 5.02 Å². The lowest BCUT2D eigenvalue weighted by Crippen LogP contribution is -2.46. The van der Waals surface area contributed by atoms with Gasteiger partial charge < -0.3 is 4.74 Å². The van der Waals surface area contributed by atoms with E-state index in [0.29, 0.717) is 16.5 Å². The van der Waals surface area contributed by atoms with Crippen LogP contribution in [-0.2, 0) is 14.6 Å². The molecule has 1 aromatic rings. The number of halogens is 1. The van der Waals surface area contributed by atoms with Crippen LogP contribution in [0.3, 0.4) is 0 Å². The smallest absolute Gasteiger partial charge is 0.179 e. The molecule has 0 radical (unpaired) electrons. The predicted molar refractivity (Wildman–Crippen MR) is 80.0 cm³/mol. The van der Waals surface area contributed by atoms with Crippen LogP contribution >= 0.6 is 11.6 Å². The highest BCUT2D eigenvalue weighted by Gasteiger charge is 2.24. The fraction of sp³-hybridized carbons (Fsp3) is 0.571. The summed E-state index contributed by atoms with van der Waals surface area (Å²) in [5, 5.41) is 0.541. The fourth-order valence-corrected chi connectivity index (χ4v) is 3.89. The molecule has 0 saturated carbocycles. The lowest BCUT2D eigenvalue weighted by atomic mass is 10.2. The van der Waals surface area contributed by atoms with Gasteiger partial charge >= 0.3 is 0 Å². The van der Waals surface area contributed by atoms with E-state index >= 15 is 0 Å². The SMILES string of the molecule is C[C@H]1CN(CCS(=O)(=O)c2ccc(Cl)cc2)C[C@H](C)O1. The Kier molecular flexibility index (Phi) is 5.07. The second-order valence-corrected chi connectivity index (χ2v) is 7.84. The zero-order chi connectivity index (χ0) is 14.8. The molecule has 1 aromatic carbocycles. The van der Waals surface area contributed by atoms with Gasteiger partial charge in [0.15, 0.2) is 9.84 Å². The first kappa shape index (κ1) is 15.8. The minimum atomic E-state index is -3.25. The molecule has 4 nitrogen and oxygen atoms in total. The molecule has 1 aliphatic rings. The van der Waals surface area contributed by atoms with Gasteiger partial charge in [-0.2, -0.15) is 0 Å². The van der Waals surface area contributed by atoms with E-state index in [9.17, 15) is 8.42 Å². The number of morpholine rings is 1. The minimum absolute atomic E-state index is 0.119. The molecule has 0 N–H and O–H groups in total. The molecular weight excluding hydrogens is 298 g/mol. The molecule has 0 unspecified atom stereocenters. The van der Waals surface area contributed by atoms with E-state index in [1.165, 1.54) is 0 Å². The summed E-state index contributed by atoms with van der Waals surface area (Å²) in [6.07, 6.45) is 0.300. The predicted octanol–water partition coefficient (Wildman–Crippen LogP) is 2.22. The van der Waals surface area contributed by atoms with Gasteiger partial charge in [0.2, 0.25) is 0 Å². The molecule has 1 aliphatic heterocycles. The topological polar surface area (TPSA) is 46.6 Å². The Morgan fingerprint density at radius 3 is 2.30 bits per heavy atom. The highest BCUT2D eigenvalue weighted by molar-refractivity contribution is 7.91. The van der Waals surface area contributed by atoms with Crippen molar-refractivity contribution in [1.29, 1.82) is 0 Å². The Morgan fingerprint density at radius 1 is 1.20 bits per heavy atom. The number of hydrogen-bond donors (Lipinski definition) is 0. The molecule has 2 atom stereocenters. The largest absolute Gasteiger partial charge is 0.373 e. The quantitative estimate of drug-likeness (QED) is 0.854. The maximum Gasteiger partial charge on any atom is 0.179 e. The Morgan fingerprint density at radius 2 is 1.75 bits per heavy atom. The molecule has 0 bridgehead atoms. The normalized spacial score (nSPS) is 24.8. The van der Waals surface area contributed by atoms with Crippen molar-refractivity contribution in [2.24, 2.45) is 0 Å². The van der Waals surface area contributed by atoms with Gasteiger partial charge in [-0.3, -0.25) is 4.90 Å². The van der Waals surface area contributed by atoms with Crippen molar-refractivity contribution in [2.45, 2.75) is 31.0 Å². The van der Waals surface area contributed by atoms with Crippen LogP contribution in [0.4, 0.5) is 0 Å². The Bertz CT molecular complexity index is 534. The summed E-state index contributed by atoms with van der Waals surface area (Å²) >= 11 is 5.78. The zero-order valence-corrected chi connectivity index (χ0v) is 13.3. The van der Waals surface area contributed by atoms with Crippen LogP contribution in [0, 0.1) is 0 Å². The molecule has 20 heavy (non-hydrogen) atoms. The van der Waals surface area contributed by atoms with Gasteiger partial charge in [-0.05, 0) is 38.1 Å². The average molecular weight is 318 g/mol. The number of sulfone groups is 1. The maximum absolute atomic E-state index is 12.2. The van der Waals surface area contributed by atoms with Crippen LogP contribution in [0.1, 0.15) is 13.8 Å². The second kappa shape index (κ2) is 6.43. The molecule has 0 amide bonds. The van der Waals surface area contributed by atoms with Crippen molar-refractivity contribution in [3.63, 3.8) is 0 Å². The summed E-state index contributed by atoms with van der Waals surface area (Å²) in [6.45, 7) is 6.11. The molecule has 1 fully saturated rings. The van der Waals surface area contributed by atoms with E-state index < -0.39 is 9.84 Å². The molecule has 1 heterocycles. The van der Waals surface area contributed by atoms with E-state index in [0.717, 1.165) is 13.1 Å². The van der Waals surface area contributed by atoms with Crippen molar-refractivity contribution in [3.8, 4) is 0 Å². The number of hydrogen-bond acceptors (Lipinski definition) is 4. The minimum Gasteiger partial charge on any atom is -0.373 e. The third-order valence-corrected chi connectivity index (χ3v) is 5.31. The third kappa shape index (κ3) is 4.19. The highest BCUT2D eigenvalue weighted by atomic mass is 35.5. The van der Waals surface area contributed by atoms with Crippen molar-refractivity contribution < 1.29 is 13.2 Å². The summed E-state index contributed by atoms with van der Waals surface area (Å²) in [5.41, 5.74) is 0. The van der Waals surface area contributed by atoms with Crippen molar-refractivity contribution in [2.75, 3.05) is 25.4 Å². The van der Waals surface area contributed by atoms with Gasteiger partial charge in [0.05, 0.1) is 22.9 Å². The van der Waals surface area contributed by atoms with E-state index in [2.05, 4.69) is 4.90 Å². The van der Waals surface area contributed by atoms with E-state index in [-0.39, 0.29) is 18.0 Å². The number of ether oxygens (including phenoxy) is 1. The lowest BCUT2D eigenvalue weighted by molar-refractivity contribution is -0.0662. The Balaban J connectivity index is 1.97. The fourth-order valence-electron chi connectivity index (χ4n) is 2.48. The Hall–Kier alpha value is -0.620. The number of nitrogens with zero attached hydrogens (tertiary/aromatic N) is 1. The molecule has 0 aromatic heterocycles. The van der Waals surface area contributed by atoms with Crippen molar-refractivity contribution >= 4 is 21.4 Å². The average Bonchev–Trinajstić information content (AvgIpc) is 2.36. The molecule has 112 valence electrons. The van der Waals surface area contributed by atoms with Gasteiger partial charge in [-0.15, -0.1) is 0 Å². The van der Waals surface area contributed by atoms with Gasteiger partial charge in [0, 0.05) is 24.7 Å². The lowest BCUT2D eigenvalue weighted by Gasteiger charge is -2.35. The molecular formula is C14H20ClNO3S. The van der Waals surface area contributed by atoms with Crippen molar-refractivity contribution in [1.82, 2.24) is 4.90 Å². The Labute approximate surface area is 125 Å². The molecule has 6 heteroatoms. The van der Waals surface area contributed by atoms with Crippen LogP contribution in [-0.4, -0.2) is 50.9 Å². The first-order valence-electron chi connectivity index (χ1n) is 6.73. The van der Waals surface area contributed by atoms with Crippen LogP contribution in [0.25, 0.3) is 0 Å². The maximum atomic E-state index is 12.2. The monoisotopic (exact) mass is 317 g/mol. The van der Waals surface area contributed by atoms with Gasteiger partial charge in [0.25, 0.3) is 0 Å². The van der Waals surface area contributed by atoms with Crippen LogP contribution in [0.15, 0.2) is 29.2 Å². The van der Waals surface area contributed by atoms with Crippen LogP contribution < -0.4 is 0 Å². The summed E-state index contributed by atoms with van der Waals surface area (Å²) < 4.78 is 30.1. The first-order chi connectivity index (χ1) is 9.37. The van der Waals surface area contributed by atoms with Crippen LogP contribution in [0.5, 0.6) is 0 Å². The van der Waals surface area contributed by atoms with Crippen molar-refractivity contribution in [3.05, 3.63) is 29.3 Å². The van der Waals surface area contributed by atoms with Gasteiger partial charge in [0.1, 0.15) is 0 Å². The summed E-state index contributed by atoms with van der Waals surface area (Å²) in [4.78, 5) is 2.48. The summed E-state index contributed by atoms with van der Waals surface area (Å²) in [7, 11) is -3.25. The molecule has 2 rings (SSSR count). The van der Waals surface area contributed by atoms with Gasteiger partial charge in [-0.1, -0.05) is 11.6 Å². The standard InChI is InChI=1S/C14H20ClNO3S/c1-11-9-16(10-12(2)19-11)7-8-20(17,18)14-5-3-13(15)4-6-14/h3-6,11-12H,7-10H2,1-2H3/t11-,12-/m0/s1. The second-order valence-electron chi connectivity index (χ2n) is 5.29.